The quantitative estimate of drug-likeness (QED) is 0.507. The minimum atomic E-state index is -0.714. The fourth-order valence-electron chi connectivity index (χ4n) is 0.486. The van der Waals surface area contributed by atoms with E-state index in [1.165, 1.54) is 6.92 Å². The van der Waals surface area contributed by atoms with Crippen molar-refractivity contribution in [3.8, 4) is 0 Å². The van der Waals surface area contributed by atoms with Crippen LogP contribution in [0.2, 0.25) is 0 Å². The Morgan fingerprint density at radius 1 is 1.44 bits per heavy atom. The lowest BCUT2D eigenvalue weighted by molar-refractivity contribution is 0.0246. The number of aliphatic hydroxyl groups excluding tert-OH is 3. The first kappa shape index (κ1) is 8.88. The molecule has 0 spiro atoms. The average Bonchev–Trinajstić information content (AvgIpc) is 1.82. The standard InChI is InChI=1S/C6H13O3/c1-5(8)6(9)3-2-4-7/h4-9H,2-3H2,1H3. The Labute approximate surface area is 54.9 Å². The van der Waals surface area contributed by atoms with Crippen molar-refractivity contribution in [3.05, 3.63) is 6.61 Å². The molecule has 0 aliphatic heterocycles. The molecule has 0 aromatic heterocycles. The van der Waals surface area contributed by atoms with Gasteiger partial charge in [-0.05, 0) is 19.8 Å². The van der Waals surface area contributed by atoms with E-state index in [1.807, 2.05) is 0 Å². The van der Waals surface area contributed by atoms with Gasteiger partial charge < -0.3 is 15.3 Å². The van der Waals surface area contributed by atoms with Crippen molar-refractivity contribution in [2.45, 2.75) is 32.0 Å². The van der Waals surface area contributed by atoms with Crippen molar-refractivity contribution in [1.82, 2.24) is 0 Å². The molecule has 0 saturated carbocycles. The molecule has 0 aromatic carbocycles. The molecular weight excluding hydrogens is 120 g/mol. The number of hydrogen-bond acceptors (Lipinski definition) is 3. The van der Waals surface area contributed by atoms with E-state index in [2.05, 4.69) is 0 Å². The van der Waals surface area contributed by atoms with E-state index < -0.39 is 12.2 Å². The summed E-state index contributed by atoms with van der Waals surface area (Å²) in [6, 6.07) is 0. The zero-order valence-electron chi connectivity index (χ0n) is 5.49. The highest BCUT2D eigenvalue weighted by Gasteiger charge is 2.08. The van der Waals surface area contributed by atoms with Crippen LogP contribution in [0.1, 0.15) is 19.8 Å². The van der Waals surface area contributed by atoms with E-state index in [0.29, 0.717) is 12.8 Å². The van der Waals surface area contributed by atoms with Crippen molar-refractivity contribution >= 4 is 0 Å². The number of rotatable bonds is 4. The molecule has 3 heteroatoms. The molecule has 2 atom stereocenters. The molecule has 9 heavy (non-hydrogen) atoms. The summed E-state index contributed by atoms with van der Waals surface area (Å²) < 4.78 is 0. The molecule has 0 saturated heterocycles. The van der Waals surface area contributed by atoms with Gasteiger partial charge in [-0.3, -0.25) is 0 Å². The van der Waals surface area contributed by atoms with Crippen LogP contribution in [0.15, 0.2) is 0 Å². The van der Waals surface area contributed by atoms with E-state index in [0.717, 1.165) is 6.61 Å². The minimum Gasteiger partial charge on any atom is -0.391 e. The maximum absolute atomic E-state index is 8.88. The van der Waals surface area contributed by atoms with E-state index in [-0.39, 0.29) is 0 Å². The summed E-state index contributed by atoms with van der Waals surface area (Å²) in [4.78, 5) is 0. The summed E-state index contributed by atoms with van der Waals surface area (Å²) in [5, 5.41) is 25.8. The summed E-state index contributed by atoms with van der Waals surface area (Å²) in [5.41, 5.74) is 0. The normalized spacial score (nSPS) is 17.3. The van der Waals surface area contributed by atoms with Gasteiger partial charge in [-0.1, -0.05) is 0 Å². The zero-order chi connectivity index (χ0) is 7.28. The van der Waals surface area contributed by atoms with Crippen LogP contribution in [-0.4, -0.2) is 27.5 Å². The van der Waals surface area contributed by atoms with Gasteiger partial charge in [0.2, 0.25) is 0 Å². The highest BCUT2D eigenvalue weighted by atomic mass is 16.3. The average molecular weight is 133 g/mol. The van der Waals surface area contributed by atoms with E-state index in [9.17, 15) is 0 Å². The molecule has 0 aliphatic rings. The molecule has 0 aliphatic carbocycles. The van der Waals surface area contributed by atoms with Crippen LogP contribution in [0, 0.1) is 6.61 Å². The third-order valence-corrected chi connectivity index (χ3v) is 1.15. The van der Waals surface area contributed by atoms with Gasteiger partial charge in [0.1, 0.15) is 0 Å². The smallest absolute Gasteiger partial charge is 0.0800 e. The first-order chi connectivity index (χ1) is 4.18. The van der Waals surface area contributed by atoms with Crippen LogP contribution in [0.5, 0.6) is 0 Å². The SMILES string of the molecule is CC(O)C(O)CC[CH]O. The van der Waals surface area contributed by atoms with Gasteiger partial charge >= 0.3 is 0 Å². The first-order valence-corrected chi connectivity index (χ1v) is 3.00. The van der Waals surface area contributed by atoms with Crippen molar-refractivity contribution in [1.29, 1.82) is 0 Å². The van der Waals surface area contributed by atoms with E-state index >= 15 is 0 Å². The second-order valence-electron chi connectivity index (χ2n) is 2.07. The van der Waals surface area contributed by atoms with Gasteiger partial charge in [0.05, 0.1) is 18.8 Å². The van der Waals surface area contributed by atoms with Crippen LogP contribution in [0.4, 0.5) is 0 Å². The largest absolute Gasteiger partial charge is 0.391 e. The van der Waals surface area contributed by atoms with Crippen LogP contribution < -0.4 is 0 Å². The lowest BCUT2D eigenvalue weighted by Gasteiger charge is -2.11. The Morgan fingerprint density at radius 2 is 2.00 bits per heavy atom. The van der Waals surface area contributed by atoms with Crippen molar-refractivity contribution in [3.63, 3.8) is 0 Å². The fourth-order valence-corrected chi connectivity index (χ4v) is 0.486. The van der Waals surface area contributed by atoms with Crippen LogP contribution in [0.25, 0.3) is 0 Å². The molecule has 0 aromatic rings. The third kappa shape index (κ3) is 4.39. The maximum atomic E-state index is 8.88. The van der Waals surface area contributed by atoms with Gasteiger partial charge in [0, 0.05) is 0 Å². The summed E-state index contributed by atoms with van der Waals surface area (Å²) in [7, 11) is 0. The highest BCUT2D eigenvalue weighted by molar-refractivity contribution is 4.63. The molecule has 0 bridgehead atoms. The minimum absolute atomic E-state index is 0.411. The third-order valence-electron chi connectivity index (χ3n) is 1.15. The Bertz CT molecular complexity index is 63.3. The Kier molecular flexibility index (Phi) is 4.67. The van der Waals surface area contributed by atoms with Gasteiger partial charge in [-0.15, -0.1) is 0 Å². The summed E-state index contributed by atoms with van der Waals surface area (Å²) in [5.74, 6) is 0. The van der Waals surface area contributed by atoms with Crippen LogP contribution >= 0.6 is 0 Å². The molecule has 1 radical (unpaired) electrons. The molecule has 0 fully saturated rings. The second kappa shape index (κ2) is 4.73. The molecule has 55 valence electrons. The molecular formula is C6H13O3. The maximum Gasteiger partial charge on any atom is 0.0800 e. The van der Waals surface area contributed by atoms with Crippen molar-refractivity contribution in [2.24, 2.45) is 0 Å². The van der Waals surface area contributed by atoms with Crippen molar-refractivity contribution < 1.29 is 15.3 Å². The predicted octanol–water partition coefficient (Wildman–Crippen LogP) is 0.0426. The van der Waals surface area contributed by atoms with E-state index in [1.54, 1.807) is 0 Å². The molecule has 3 N–H and O–H groups in total. The Morgan fingerprint density at radius 3 is 2.33 bits per heavy atom. The Balaban J connectivity index is 3.16. The van der Waals surface area contributed by atoms with E-state index in [4.69, 9.17) is 15.3 Å². The molecule has 0 heterocycles. The van der Waals surface area contributed by atoms with Crippen LogP contribution in [0.3, 0.4) is 0 Å². The Hall–Kier alpha value is -0.120. The number of aliphatic hydroxyl groups is 3. The first-order valence-electron chi connectivity index (χ1n) is 3.00. The molecule has 0 amide bonds. The van der Waals surface area contributed by atoms with Gasteiger partial charge in [-0.2, -0.15) is 0 Å². The topological polar surface area (TPSA) is 60.7 Å². The lowest BCUT2D eigenvalue weighted by atomic mass is 10.1. The highest BCUT2D eigenvalue weighted by Crippen LogP contribution is 2.01. The predicted molar refractivity (Wildman–Crippen MR) is 33.2 cm³/mol. The van der Waals surface area contributed by atoms with Gasteiger partial charge in [-0.25, -0.2) is 0 Å². The van der Waals surface area contributed by atoms with Gasteiger partial charge in [0.25, 0.3) is 0 Å². The monoisotopic (exact) mass is 133 g/mol. The van der Waals surface area contributed by atoms with Gasteiger partial charge in [0.15, 0.2) is 0 Å². The number of hydrogen-bond donors (Lipinski definition) is 3. The molecule has 3 nitrogen and oxygen atoms in total. The molecule has 2 unspecified atom stereocenters. The lowest BCUT2D eigenvalue weighted by Crippen LogP contribution is -2.21. The summed E-state index contributed by atoms with van der Waals surface area (Å²) in [6.45, 7) is 2.49. The van der Waals surface area contributed by atoms with Crippen LogP contribution in [-0.2, 0) is 0 Å². The summed E-state index contributed by atoms with van der Waals surface area (Å²) in [6.07, 6.45) is -0.585. The van der Waals surface area contributed by atoms with Crippen molar-refractivity contribution in [2.75, 3.05) is 0 Å². The zero-order valence-corrected chi connectivity index (χ0v) is 5.49. The molecule has 0 rings (SSSR count). The summed E-state index contributed by atoms with van der Waals surface area (Å²) >= 11 is 0. The fraction of sp³-hybridized carbons (Fsp3) is 0.833. The second-order valence-corrected chi connectivity index (χ2v) is 2.07.